The molecule has 0 unspecified atom stereocenters. The van der Waals surface area contributed by atoms with Gasteiger partial charge in [0.25, 0.3) is 0 Å². The summed E-state index contributed by atoms with van der Waals surface area (Å²) >= 11 is 5.85. The van der Waals surface area contributed by atoms with Crippen molar-refractivity contribution in [3.8, 4) is 0 Å². The highest BCUT2D eigenvalue weighted by atomic mass is 35.5. The first kappa shape index (κ1) is 17.6. The Bertz CT molecular complexity index is 995. The van der Waals surface area contributed by atoms with Gasteiger partial charge in [-0.05, 0) is 23.6 Å². The van der Waals surface area contributed by atoms with Crippen molar-refractivity contribution in [2.75, 3.05) is 5.32 Å². The number of rotatable bonds is 3. The topological polar surface area (TPSA) is 70.6 Å². The van der Waals surface area contributed by atoms with Gasteiger partial charge in [0.15, 0.2) is 0 Å². The second-order valence-electron chi connectivity index (χ2n) is 5.32. The maximum Gasteiger partial charge on any atom is 0.329 e. The van der Waals surface area contributed by atoms with E-state index >= 15 is 0 Å². The predicted octanol–water partition coefficient (Wildman–Crippen LogP) is 3.72. The van der Waals surface area contributed by atoms with E-state index in [4.69, 9.17) is 11.6 Å². The number of nitrogens with one attached hydrogen (secondary N) is 2. The van der Waals surface area contributed by atoms with Crippen LogP contribution in [0.5, 0.6) is 0 Å². The molecule has 26 heavy (non-hydrogen) atoms. The van der Waals surface area contributed by atoms with E-state index < -0.39 is 17.6 Å². The molecule has 0 saturated heterocycles. The standard InChI is InChI=1S/C19H13ClFN3O2/c20-15-8-4-9-16(21)14(15)11-22-24-19(26)18(25)23-17-10-3-6-12-5-1-2-7-13(12)17/h1-11H,(H,23,25)(H,24,26). The molecule has 3 rings (SSSR count). The Morgan fingerprint density at radius 3 is 2.50 bits per heavy atom. The number of hydrogen-bond donors (Lipinski definition) is 2. The predicted molar refractivity (Wildman–Crippen MR) is 99.7 cm³/mol. The molecule has 5 nitrogen and oxygen atoms in total. The molecule has 0 radical (unpaired) electrons. The lowest BCUT2D eigenvalue weighted by Gasteiger charge is -2.07. The number of anilines is 1. The summed E-state index contributed by atoms with van der Waals surface area (Å²) in [5.41, 5.74) is 2.57. The van der Waals surface area contributed by atoms with E-state index in [0.717, 1.165) is 17.0 Å². The third-order valence-corrected chi connectivity index (χ3v) is 3.93. The van der Waals surface area contributed by atoms with Crippen molar-refractivity contribution in [2.45, 2.75) is 0 Å². The van der Waals surface area contributed by atoms with Crippen LogP contribution in [0.4, 0.5) is 10.1 Å². The van der Waals surface area contributed by atoms with E-state index in [9.17, 15) is 14.0 Å². The van der Waals surface area contributed by atoms with Crippen molar-refractivity contribution >= 4 is 46.1 Å². The van der Waals surface area contributed by atoms with E-state index in [2.05, 4.69) is 10.4 Å². The molecule has 0 aromatic heterocycles. The van der Waals surface area contributed by atoms with Crippen molar-refractivity contribution in [1.29, 1.82) is 0 Å². The van der Waals surface area contributed by atoms with Crippen molar-refractivity contribution < 1.29 is 14.0 Å². The summed E-state index contributed by atoms with van der Waals surface area (Å²) in [5, 5.41) is 7.98. The summed E-state index contributed by atoms with van der Waals surface area (Å²) in [7, 11) is 0. The highest BCUT2D eigenvalue weighted by Crippen LogP contribution is 2.22. The van der Waals surface area contributed by atoms with Crippen LogP contribution in [0.3, 0.4) is 0 Å². The first-order chi connectivity index (χ1) is 12.6. The summed E-state index contributed by atoms with van der Waals surface area (Å²) in [5.74, 6) is -2.46. The Kier molecular flexibility index (Phi) is 5.24. The number of benzene rings is 3. The summed E-state index contributed by atoms with van der Waals surface area (Å²) < 4.78 is 13.6. The quantitative estimate of drug-likeness (QED) is 0.419. The number of nitrogens with zero attached hydrogens (tertiary/aromatic N) is 1. The first-order valence-electron chi connectivity index (χ1n) is 7.62. The van der Waals surface area contributed by atoms with Crippen LogP contribution in [0, 0.1) is 5.82 Å². The van der Waals surface area contributed by atoms with Crippen LogP contribution >= 0.6 is 11.6 Å². The maximum atomic E-state index is 13.6. The molecule has 3 aromatic carbocycles. The molecule has 7 heteroatoms. The molecule has 0 saturated carbocycles. The van der Waals surface area contributed by atoms with Gasteiger partial charge in [-0.1, -0.05) is 54.1 Å². The molecule has 0 spiro atoms. The Morgan fingerprint density at radius 2 is 1.69 bits per heavy atom. The largest absolute Gasteiger partial charge is 0.329 e. The number of carbonyl (C=O) groups is 2. The molecule has 2 N–H and O–H groups in total. The SMILES string of the molecule is O=C(NN=Cc1c(F)cccc1Cl)C(=O)Nc1cccc2ccccc12. The molecule has 0 aliphatic rings. The Morgan fingerprint density at radius 1 is 0.962 bits per heavy atom. The molecule has 0 aliphatic heterocycles. The molecule has 0 bridgehead atoms. The minimum atomic E-state index is -0.985. The van der Waals surface area contributed by atoms with E-state index in [1.54, 1.807) is 12.1 Å². The van der Waals surface area contributed by atoms with Gasteiger partial charge in [-0.2, -0.15) is 5.10 Å². The minimum absolute atomic E-state index is 0.0175. The molecule has 3 aromatic rings. The van der Waals surface area contributed by atoms with Crippen LogP contribution in [-0.4, -0.2) is 18.0 Å². The second-order valence-corrected chi connectivity index (χ2v) is 5.72. The first-order valence-corrected chi connectivity index (χ1v) is 8.00. The normalized spacial score (nSPS) is 10.8. The third kappa shape index (κ3) is 3.87. The monoisotopic (exact) mass is 369 g/mol. The van der Waals surface area contributed by atoms with Gasteiger partial charge < -0.3 is 5.32 Å². The average Bonchev–Trinajstić information content (AvgIpc) is 2.64. The zero-order chi connectivity index (χ0) is 18.5. The van der Waals surface area contributed by atoms with Gasteiger partial charge >= 0.3 is 11.8 Å². The number of amides is 2. The maximum absolute atomic E-state index is 13.6. The van der Waals surface area contributed by atoms with Gasteiger partial charge in [0, 0.05) is 16.6 Å². The molecule has 0 atom stereocenters. The van der Waals surface area contributed by atoms with Gasteiger partial charge in [-0.25, -0.2) is 9.82 Å². The van der Waals surface area contributed by atoms with Gasteiger partial charge in [-0.3, -0.25) is 9.59 Å². The molecular weight excluding hydrogens is 357 g/mol. The molecule has 0 heterocycles. The van der Waals surface area contributed by atoms with Gasteiger partial charge in [0.2, 0.25) is 0 Å². The highest BCUT2D eigenvalue weighted by Gasteiger charge is 2.14. The average molecular weight is 370 g/mol. The number of hydrazone groups is 1. The molecular formula is C19H13ClFN3O2. The van der Waals surface area contributed by atoms with E-state index in [1.807, 2.05) is 35.8 Å². The highest BCUT2D eigenvalue weighted by molar-refractivity contribution is 6.40. The number of halogens is 2. The van der Waals surface area contributed by atoms with E-state index in [1.165, 1.54) is 18.2 Å². The fraction of sp³-hybridized carbons (Fsp3) is 0. The van der Waals surface area contributed by atoms with Crippen molar-refractivity contribution in [2.24, 2.45) is 5.10 Å². The minimum Gasteiger partial charge on any atom is -0.317 e. The Hall–Kier alpha value is -3.25. The van der Waals surface area contributed by atoms with Crippen molar-refractivity contribution in [3.63, 3.8) is 0 Å². The molecule has 0 aliphatic carbocycles. The van der Waals surface area contributed by atoms with Crippen LogP contribution in [0.25, 0.3) is 10.8 Å². The van der Waals surface area contributed by atoms with Crippen LogP contribution in [0.15, 0.2) is 65.8 Å². The zero-order valence-corrected chi connectivity index (χ0v) is 14.1. The smallest absolute Gasteiger partial charge is 0.317 e. The van der Waals surface area contributed by atoms with Crippen LogP contribution < -0.4 is 10.7 Å². The summed E-state index contributed by atoms with van der Waals surface area (Å²) in [6.07, 6.45) is 1.04. The van der Waals surface area contributed by atoms with Crippen LogP contribution in [-0.2, 0) is 9.59 Å². The van der Waals surface area contributed by atoms with Gasteiger partial charge in [-0.15, -0.1) is 0 Å². The van der Waals surface area contributed by atoms with Crippen molar-refractivity contribution in [1.82, 2.24) is 5.43 Å². The number of hydrogen-bond acceptors (Lipinski definition) is 3. The summed E-state index contributed by atoms with van der Waals surface area (Å²) in [6.45, 7) is 0. The summed E-state index contributed by atoms with van der Waals surface area (Å²) in [4.78, 5) is 23.9. The molecule has 0 fully saturated rings. The van der Waals surface area contributed by atoms with Crippen LogP contribution in [0.2, 0.25) is 5.02 Å². The summed E-state index contributed by atoms with van der Waals surface area (Å²) in [6, 6.07) is 16.9. The second kappa shape index (κ2) is 7.76. The van der Waals surface area contributed by atoms with Crippen LogP contribution in [0.1, 0.15) is 5.56 Å². The lowest BCUT2D eigenvalue weighted by Crippen LogP contribution is -2.32. The Balaban J connectivity index is 1.68. The number of fused-ring (bicyclic) bond motifs is 1. The zero-order valence-electron chi connectivity index (χ0n) is 13.4. The molecule has 130 valence electrons. The van der Waals surface area contributed by atoms with Gasteiger partial charge in [0.1, 0.15) is 5.82 Å². The fourth-order valence-corrected chi connectivity index (χ4v) is 2.57. The number of carbonyl (C=O) groups excluding carboxylic acids is 2. The molecule has 2 amide bonds. The van der Waals surface area contributed by atoms with Crippen molar-refractivity contribution in [3.05, 3.63) is 77.1 Å². The van der Waals surface area contributed by atoms with Gasteiger partial charge in [0.05, 0.1) is 11.2 Å². The van der Waals surface area contributed by atoms with E-state index in [-0.39, 0.29) is 10.6 Å². The Labute approximate surface area is 153 Å². The van der Waals surface area contributed by atoms with E-state index in [0.29, 0.717) is 5.69 Å². The lowest BCUT2D eigenvalue weighted by molar-refractivity contribution is -0.136. The third-order valence-electron chi connectivity index (χ3n) is 3.60. The lowest BCUT2D eigenvalue weighted by atomic mass is 10.1. The fourth-order valence-electron chi connectivity index (χ4n) is 2.35.